The average Bonchev–Trinajstić information content (AvgIpc) is 2.87. The molecule has 0 amide bonds. The van der Waals surface area contributed by atoms with Crippen molar-refractivity contribution < 1.29 is 18.7 Å². The monoisotopic (exact) mass is 248 g/mol. The zero-order valence-corrected chi connectivity index (χ0v) is 10.7. The summed E-state index contributed by atoms with van der Waals surface area (Å²) in [6, 6.07) is 3.57. The highest BCUT2D eigenvalue weighted by atomic mass is 16.5. The molecule has 2 rings (SSSR count). The van der Waals surface area contributed by atoms with Crippen molar-refractivity contribution in [2.75, 3.05) is 6.61 Å². The number of rotatable bonds is 4. The number of ether oxygens (including phenoxy) is 1. The first-order valence-electron chi connectivity index (χ1n) is 6.07. The maximum atomic E-state index is 12.0. The Labute approximate surface area is 106 Å². The average molecular weight is 248 g/mol. The van der Waals surface area contributed by atoms with E-state index in [4.69, 9.17) is 9.15 Å². The van der Waals surface area contributed by atoms with Crippen molar-refractivity contribution in [3.63, 3.8) is 0 Å². The fraction of sp³-hybridized carbons (Fsp3) is 0.429. The van der Waals surface area contributed by atoms with Crippen LogP contribution < -0.4 is 0 Å². The molecule has 0 N–H and O–H groups in total. The molecule has 0 fully saturated rings. The first kappa shape index (κ1) is 12.6. The molecular formula is C14H16O4. The maximum absolute atomic E-state index is 12.0. The molecule has 0 saturated heterocycles. The van der Waals surface area contributed by atoms with Crippen LogP contribution in [-0.4, -0.2) is 18.4 Å². The van der Waals surface area contributed by atoms with Gasteiger partial charge in [-0.2, -0.15) is 0 Å². The van der Waals surface area contributed by atoms with Gasteiger partial charge in [0.25, 0.3) is 5.78 Å². The van der Waals surface area contributed by atoms with Crippen LogP contribution in [0.2, 0.25) is 0 Å². The van der Waals surface area contributed by atoms with E-state index in [-0.39, 0.29) is 18.4 Å². The summed E-state index contributed by atoms with van der Waals surface area (Å²) in [6.07, 6.45) is 1.56. The zero-order valence-electron chi connectivity index (χ0n) is 10.7. The van der Waals surface area contributed by atoms with Gasteiger partial charge in [0.1, 0.15) is 5.76 Å². The predicted molar refractivity (Wildman–Crippen MR) is 65.6 cm³/mol. The lowest BCUT2D eigenvalue weighted by Crippen LogP contribution is -2.34. The fourth-order valence-electron chi connectivity index (χ4n) is 2.32. The highest BCUT2D eigenvalue weighted by Gasteiger charge is 2.42. The SMILES string of the molecule is CCOC(=O)C(=O)C1=C(c2ccco2)C(C)C1C. The quantitative estimate of drug-likeness (QED) is 0.606. The minimum atomic E-state index is -0.782. The van der Waals surface area contributed by atoms with Crippen LogP contribution in [0.1, 0.15) is 26.5 Å². The van der Waals surface area contributed by atoms with Crippen molar-refractivity contribution in [1.82, 2.24) is 0 Å². The Hall–Kier alpha value is -1.84. The number of hydrogen-bond acceptors (Lipinski definition) is 4. The summed E-state index contributed by atoms with van der Waals surface area (Å²) < 4.78 is 10.1. The summed E-state index contributed by atoms with van der Waals surface area (Å²) in [5.41, 5.74) is 1.35. The molecule has 96 valence electrons. The number of hydrogen-bond donors (Lipinski definition) is 0. The van der Waals surface area contributed by atoms with E-state index in [0.717, 1.165) is 5.57 Å². The number of Topliss-reactive ketones (excluding diaryl/α,β-unsaturated/α-hetero) is 1. The number of esters is 1. The molecule has 0 saturated carbocycles. The van der Waals surface area contributed by atoms with Gasteiger partial charge in [-0.3, -0.25) is 4.79 Å². The van der Waals surface area contributed by atoms with E-state index < -0.39 is 11.8 Å². The molecule has 2 atom stereocenters. The van der Waals surface area contributed by atoms with Crippen molar-refractivity contribution in [3.05, 3.63) is 29.7 Å². The highest BCUT2D eigenvalue weighted by molar-refractivity contribution is 6.42. The first-order valence-corrected chi connectivity index (χ1v) is 6.07. The van der Waals surface area contributed by atoms with Crippen molar-refractivity contribution in [1.29, 1.82) is 0 Å². The van der Waals surface area contributed by atoms with Crippen molar-refractivity contribution >= 4 is 17.3 Å². The molecule has 4 heteroatoms. The molecule has 1 aliphatic rings. The molecule has 0 aromatic carbocycles. The number of furan rings is 1. The Bertz CT molecular complexity index is 496. The summed E-state index contributed by atoms with van der Waals surface area (Å²) in [7, 11) is 0. The van der Waals surface area contributed by atoms with E-state index >= 15 is 0 Å². The summed E-state index contributed by atoms with van der Waals surface area (Å²) in [5.74, 6) is -0.399. The highest BCUT2D eigenvalue weighted by Crippen LogP contribution is 2.46. The van der Waals surface area contributed by atoms with E-state index in [0.29, 0.717) is 11.3 Å². The summed E-state index contributed by atoms with van der Waals surface area (Å²) in [5, 5.41) is 0. The Balaban J connectivity index is 2.35. The van der Waals surface area contributed by atoms with E-state index in [9.17, 15) is 9.59 Å². The lowest BCUT2D eigenvalue weighted by atomic mass is 9.67. The molecule has 4 nitrogen and oxygen atoms in total. The topological polar surface area (TPSA) is 56.5 Å². The second-order valence-corrected chi connectivity index (χ2v) is 4.43. The molecule has 18 heavy (non-hydrogen) atoms. The van der Waals surface area contributed by atoms with Gasteiger partial charge in [0.15, 0.2) is 0 Å². The van der Waals surface area contributed by atoms with Crippen molar-refractivity contribution in [2.24, 2.45) is 11.8 Å². The molecule has 0 spiro atoms. The third kappa shape index (κ3) is 1.88. The van der Waals surface area contributed by atoms with E-state index in [1.54, 1.807) is 25.3 Å². The lowest BCUT2D eigenvalue weighted by molar-refractivity contribution is -0.152. The van der Waals surface area contributed by atoms with Crippen LogP contribution in [0.4, 0.5) is 0 Å². The van der Waals surface area contributed by atoms with Gasteiger partial charge in [0.05, 0.1) is 12.9 Å². The van der Waals surface area contributed by atoms with Gasteiger partial charge in [-0.05, 0) is 30.9 Å². The Kier molecular flexibility index (Phi) is 3.36. The van der Waals surface area contributed by atoms with Crippen LogP contribution in [-0.2, 0) is 14.3 Å². The molecule has 1 aromatic heterocycles. The Morgan fingerprint density at radius 2 is 2.06 bits per heavy atom. The normalized spacial score (nSPS) is 22.6. The van der Waals surface area contributed by atoms with E-state index in [2.05, 4.69) is 0 Å². The minimum absolute atomic E-state index is 0.0574. The van der Waals surface area contributed by atoms with Crippen LogP contribution in [0.3, 0.4) is 0 Å². The van der Waals surface area contributed by atoms with Gasteiger partial charge < -0.3 is 9.15 Å². The third-order valence-electron chi connectivity index (χ3n) is 3.44. The largest absolute Gasteiger partial charge is 0.465 e. The van der Waals surface area contributed by atoms with Gasteiger partial charge in [0, 0.05) is 11.1 Å². The van der Waals surface area contributed by atoms with Crippen LogP contribution in [0.15, 0.2) is 28.4 Å². The Morgan fingerprint density at radius 3 is 2.61 bits per heavy atom. The van der Waals surface area contributed by atoms with Crippen LogP contribution >= 0.6 is 0 Å². The number of carbonyl (C=O) groups is 2. The number of ketones is 1. The minimum Gasteiger partial charge on any atom is -0.465 e. The maximum Gasteiger partial charge on any atom is 0.379 e. The van der Waals surface area contributed by atoms with Crippen molar-refractivity contribution in [3.8, 4) is 0 Å². The van der Waals surface area contributed by atoms with E-state index in [1.807, 2.05) is 13.8 Å². The molecule has 0 bridgehead atoms. The number of carbonyl (C=O) groups excluding carboxylic acids is 2. The van der Waals surface area contributed by atoms with Gasteiger partial charge in [-0.15, -0.1) is 0 Å². The fourth-order valence-corrected chi connectivity index (χ4v) is 2.32. The smallest absolute Gasteiger partial charge is 0.379 e. The molecule has 1 aromatic rings. The van der Waals surface area contributed by atoms with Crippen molar-refractivity contribution in [2.45, 2.75) is 20.8 Å². The molecule has 0 aliphatic heterocycles. The molecule has 1 aliphatic carbocycles. The van der Waals surface area contributed by atoms with Crippen LogP contribution in [0, 0.1) is 11.8 Å². The van der Waals surface area contributed by atoms with Gasteiger partial charge >= 0.3 is 5.97 Å². The van der Waals surface area contributed by atoms with Gasteiger partial charge in [-0.1, -0.05) is 13.8 Å². The third-order valence-corrected chi connectivity index (χ3v) is 3.44. The van der Waals surface area contributed by atoms with Crippen LogP contribution in [0.25, 0.3) is 5.57 Å². The van der Waals surface area contributed by atoms with Gasteiger partial charge in [-0.25, -0.2) is 4.79 Å². The second kappa shape index (κ2) is 4.80. The summed E-state index contributed by atoms with van der Waals surface area (Å²) in [4.78, 5) is 23.5. The second-order valence-electron chi connectivity index (χ2n) is 4.43. The molecule has 0 radical (unpaired) electrons. The summed E-state index contributed by atoms with van der Waals surface area (Å²) >= 11 is 0. The molecular weight excluding hydrogens is 232 g/mol. The molecule has 1 heterocycles. The molecule has 2 unspecified atom stereocenters. The van der Waals surface area contributed by atoms with E-state index in [1.165, 1.54) is 0 Å². The number of allylic oxidation sites excluding steroid dienone is 1. The standard InChI is InChI=1S/C14H16O4/c1-4-17-14(16)13(15)12-9(3)8(2)11(12)10-6-5-7-18-10/h5-9H,4H2,1-3H3. The summed E-state index contributed by atoms with van der Waals surface area (Å²) in [6.45, 7) is 5.84. The predicted octanol–water partition coefficient (Wildman–Crippen LogP) is 2.45. The zero-order chi connectivity index (χ0) is 13.3. The Morgan fingerprint density at radius 1 is 1.33 bits per heavy atom. The van der Waals surface area contributed by atoms with Gasteiger partial charge in [0.2, 0.25) is 0 Å². The first-order chi connectivity index (χ1) is 8.57. The lowest BCUT2D eigenvalue weighted by Gasteiger charge is -2.35. The van der Waals surface area contributed by atoms with Crippen LogP contribution in [0.5, 0.6) is 0 Å².